The molecule has 22 heavy (non-hydrogen) atoms. The van der Waals surface area contributed by atoms with Crippen LogP contribution in [0.5, 0.6) is 0 Å². The molecule has 0 heterocycles. The summed E-state index contributed by atoms with van der Waals surface area (Å²) in [4.78, 5) is 0. The van der Waals surface area contributed by atoms with Crippen LogP contribution < -0.4 is 0 Å². The minimum Gasteiger partial charge on any atom is -0.0625 e. The summed E-state index contributed by atoms with van der Waals surface area (Å²) < 4.78 is 0. The Morgan fingerprint density at radius 1 is 0.727 bits per heavy atom. The molecule has 0 bridgehead atoms. The maximum Gasteiger partial charge on any atom is 0.00612 e. The van der Waals surface area contributed by atoms with Crippen molar-refractivity contribution in [3.8, 4) is 0 Å². The quantitative estimate of drug-likeness (QED) is 0.608. The molecule has 2 aromatic rings. The summed E-state index contributed by atoms with van der Waals surface area (Å²) >= 11 is 0. The molecule has 0 spiro atoms. The summed E-state index contributed by atoms with van der Waals surface area (Å²) in [6, 6.07) is 16.1. The smallest absolute Gasteiger partial charge is 0.00612 e. The van der Waals surface area contributed by atoms with Gasteiger partial charge in [0.15, 0.2) is 0 Å². The van der Waals surface area contributed by atoms with Crippen LogP contribution in [0.4, 0.5) is 0 Å². The summed E-state index contributed by atoms with van der Waals surface area (Å²) in [5.74, 6) is 1.91. The lowest BCUT2D eigenvalue weighted by atomic mass is 9.86. The van der Waals surface area contributed by atoms with E-state index in [0.717, 1.165) is 11.8 Å². The molecule has 0 aliphatic rings. The molecule has 0 amide bonds. The fourth-order valence-corrected chi connectivity index (χ4v) is 2.92. The van der Waals surface area contributed by atoms with Gasteiger partial charge in [0.25, 0.3) is 0 Å². The summed E-state index contributed by atoms with van der Waals surface area (Å²) in [6.07, 6.45) is 1.17. The molecular formula is C22H30. The van der Waals surface area contributed by atoms with Crippen molar-refractivity contribution in [1.29, 1.82) is 0 Å². The maximum absolute atomic E-state index is 2.41. The van der Waals surface area contributed by atoms with E-state index in [-0.39, 0.29) is 0 Å². The second-order valence-electron chi connectivity index (χ2n) is 7.31. The van der Waals surface area contributed by atoms with Crippen molar-refractivity contribution >= 4 is 0 Å². The lowest BCUT2D eigenvalue weighted by molar-refractivity contribution is 0.417. The lowest BCUT2D eigenvalue weighted by Crippen LogP contribution is -2.08. The zero-order valence-electron chi connectivity index (χ0n) is 15.0. The first-order chi connectivity index (χ1) is 10.4. The van der Waals surface area contributed by atoms with Crippen LogP contribution in [0.2, 0.25) is 0 Å². The van der Waals surface area contributed by atoms with E-state index in [1.54, 1.807) is 0 Å². The number of aryl methyl sites for hydroxylation is 2. The molecule has 0 nitrogen and oxygen atoms in total. The topological polar surface area (TPSA) is 0 Å². The third-order valence-electron chi connectivity index (χ3n) is 4.93. The van der Waals surface area contributed by atoms with Gasteiger partial charge in [0.05, 0.1) is 0 Å². The van der Waals surface area contributed by atoms with Crippen molar-refractivity contribution in [2.24, 2.45) is 11.8 Å². The van der Waals surface area contributed by atoms with Crippen LogP contribution in [-0.2, 0) is 6.42 Å². The summed E-state index contributed by atoms with van der Waals surface area (Å²) in [7, 11) is 0. The third-order valence-corrected chi connectivity index (χ3v) is 4.93. The van der Waals surface area contributed by atoms with Gasteiger partial charge < -0.3 is 0 Å². The molecule has 0 fully saturated rings. The van der Waals surface area contributed by atoms with Crippen LogP contribution >= 0.6 is 0 Å². The van der Waals surface area contributed by atoms with Gasteiger partial charge in [-0.15, -0.1) is 0 Å². The predicted molar refractivity (Wildman–Crippen MR) is 97.6 cm³/mol. The molecule has 2 atom stereocenters. The second kappa shape index (κ2) is 7.13. The number of hydrogen-bond donors (Lipinski definition) is 0. The van der Waals surface area contributed by atoms with Gasteiger partial charge >= 0.3 is 0 Å². The predicted octanol–water partition coefficient (Wildman–Crippen LogP) is 6.29. The van der Waals surface area contributed by atoms with Crippen molar-refractivity contribution in [3.05, 3.63) is 70.3 Å². The van der Waals surface area contributed by atoms with E-state index in [9.17, 15) is 0 Å². The van der Waals surface area contributed by atoms with Crippen molar-refractivity contribution in [2.45, 2.75) is 53.9 Å². The van der Waals surface area contributed by atoms with E-state index in [0.29, 0.717) is 5.92 Å². The van der Waals surface area contributed by atoms with Gasteiger partial charge in [-0.1, -0.05) is 81.3 Å². The van der Waals surface area contributed by atoms with E-state index in [1.165, 1.54) is 34.2 Å². The lowest BCUT2D eigenvalue weighted by Gasteiger charge is -2.19. The molecule has 0 saturated heterocycles. The Morgan fingerprint density at radius 3 is 1.95 bits per heavy atom. The molecule has 2 aromatic carbocycles. The van der Waals surface area contributed by atoms with E-state index in [1.807, 2.05) is 0 Å². The van der Waals surface area contributed by atoms with Gasteiger partial charge in [-0.25, -0.2) is 0 Å². The molecule has 0 saturated carbocycles. The average Bonchev–Trinajstić information content (AvgIpc) is 2.46. The van der Waals surface area contributed by atoms with E-state index in [4.69, 9.17) is 0 Å². The fourth-order valence-electron chi connectivity index (χ4n) is 2.92. The number of rotatable bonds is 5. The normalized spacial score (nSPS) is 14.1. The minimum atomic E-state index is 0.452. The Labute approximate surface area is 136 Å². The van der Waals surface area contributed by atoms with Crippen molar-refractivity contribution in [2.75, 3.05) is 0 Å². The Morgan fingerprint density at radius 2 is 1.36 bits per heavy atom. The Hall–Kier alpha value is -1.56. The summed E-state index contributed by atoms with van der Waals surface area (Å²) in [5.41, 5.74) is 7.03. The highest BCUT2D eigenvalue weighted by atomic mass is 14.2. The molecule has 2 unspecified atom stereocenters. The summed E-state index contributed by atoms with van der Waals surface area (Å²) in [6.45, 7) is 13.7. The fraction of sp³-hybridized carbons (Fsp3) is 0.455. The first-order valence-corrected chi connectivity index (χ1v) is 8.54. The van der Waals surface area contributed by atoms with Gasteiger partial charge in [-0.2, -0.15) is 0 Å². The van der Waals surface area contributed by atoms with Crippen LogP contribution in [0.15, 0.2) is 42.5 Å². The summed E-state index contributed by atoms with van der Waals surface area (Å²) in [5, 5.41) is 0. The van der Waals surface area contributed by atoms with E-state index in [2.05, 4.69) is 84.0 Å². The van der Waals surface area contributed by atoms with Crippen LogP contribution in [-0.4, -0.2) is 0 Å². The van der Waals surface area contributed by atoms with Crippen LogP contribution in [0, 0.1) is 25.7 Å². The SMILES string of the molecule is Cc1ccc(C(C)c2cc(C)cc(CC(C)C(C)C)c2)cc1. The zero-order chi connectivity index (χ0) is 16.3. The molecule has 0 aromatic heterocycles. The largest absolute Gasteiger partial charge is 0.0625 e. The average molecular weight is 294 g/mol. The first kappa shape index (κ1) is 16.8. The molecule has 2 rings (SSSR count). The highest BCUT2D eigenvalue weighted by Crippen LogP contribution is 2.27. The van der Waals surface area contributed by atoms with Gasteiger partial charge in [-0.05, 0) is 48.8 Å². The molecule has 0 radical (unpaired) electrons. The number of hydrogen-bond acceptors (Lipinski definition) is 0. The molecule has 0 aliphatic heterocycles. The second-order valence-corrected chi connectivity index (χ2v) is 7.31. The van der Waals surface area contributed by atoms with Crippen LogP contribution in [0.1, 0.15) is 61.4 Å². The van der Waals surface area contributed by atoms with Crippen molar-refractivity contribution in [1.82, 2.24) is 0 Å². The minimum absolute atomic E-state index is 0.452. The third kappa shape index (κ3) is 4.22. The monoisotopic (exact) mass is 294 g/mol. The number of benzene rings is 2. The van der Waals surface area contributed by atoms with Gasteiger partial charge in [-0.3, -0.25) is 0 Å². The maximum atomic E-state index is 2.41. The molecule has 0 heteroatoms. The van der Waals surface area contributed by atoms with Gasteiger partial charge in [0.1, 0.15) is 0 Å². The van der Waals surface area contributed by atoms with E-state index >= 15 is 0 Å². The van der Waals surface area contributed by atoms with Gasteiger partial charge in [0.2, 0.25) is 0 Å². The zero-order valence-corrected chi connectivity index (χ0v) is 15.0. The molecule has 0 N–H and O–H groups in total. The molecule has 0 aliphatic carbocycles. The highest BCUT2D eigenvalue weighted by Gasteiger charge is 2.12. The Bertz CT molecular complexity index is 604. The Kier molecular flexibility index (Phi) is 5.45. The van der Waals surface area contributed by atoms with Crippen molar-refractivity contribution < 1.29 is 0 Å². The van der Waals surface area contributed by atoms with Crippen LogP contribution in [0.25, 0.3) is 0 Å². The van der Waals surface area contributed by atoms with Crippen LogP contribution in [0.3, 0.4) is 0 Å². The van der Waals surface area contributed by atoms with E-state index < -0.39 is 0 Å². The van der Waals surface area contributed by atoms with Crippen molar-refractivity contribution in [3.63, 3.8) is 0 Å². The molecular weight excluding hydrogens is 264 g/mol. The van der Waals surface area contributed by atoms with Gasteiger partial charge in [0, 0.05) is 5.92 Å². The molecule has 118 valence electrons. The first-order valence-electron chi connectivity index (χ1n) is 8.54. The highest BCUT2D eigenvalue weighted by molar-refractivity contribution is 5.38. The Balaban J connectivity index is 2.27. The standard InChI is InChI=1S/C22H30/c1-15(2)18(5)13-20-11-17(4)12-22(14-20)19(6)21-9-7-16(3)8-10-21/h7-12,14-15,18-19H,13H2,1-6H3.